The average Bonchev–Trinajstić information content (AvgIpc) is 3.48. The summed E-state index contributed by atoms with van der Waals surface area (Å²) in [6.45, 7) is 4.81. The van der Waals surface area contributed by atoms with Gasteiger partial charge in [-0.05, 0) is 73.0 Å². The minimum Gasteiger partial charge on any atom is -0.492 e. The summed E-state index contributed by atoms with van der Waals surface area (Å²) in [6.07, 6.45) is 2.88. The molecule has 0 unspecified atom stereocenters. The van der Waals surface area contributed by atoms with Crippen molar-refractivity contribution in [3.63, 3.8) is 0 Å². The number of carbonyl (C=O) groups excluding carboxylic acids is 2. The third-order valence-electron chi connectivity index (χ3n) is 5.30. The maximum Gasteiger partial charge on any atom is 0.322 e. The van der Waals surface area contributed by atoms with E-state index in [0.717, 1.165) is 17.7 Å². The quantitative estimate of drug-likeness (QED) is 0.615. The number of nitrogens with one attached hydrogen (secondary N) is 2. The number of benzene rings is 2. The first-order valence-corrected chi connectivity index (χ1v) is 10.5. The molecule has 1 aliphatic heterocycles. The standard InChI is InChI=1S/C22H25N7O3/c1-3-32-20-9-5-4-7-17(20)25-22(31)28-12-6-8-19(28)21(30)24-16-10-11-18(15(2)13-16)29-14-23-26-27-29/h4-5,7,9-11,13-14,19H,3,6,8,12H2,1-2H3,(H,24,30)(H,25,31)/t19-/m0/s1. The van der Waals surface area contributed by atoms with Crippen LogP contribution in [0.25, 0.3) is 5.69 Å². The second-order valence-electron chi connectivity index (χ2n) is 7.46. The molecular formula is C22H25N7O3. The maximum atomic E-state index is 13.0. The van der Waals surface area contributed by atoms with Crippen molar-refractivity contribution < 1.29 is 14.3 Å². The Bertz CT molecular complexity index is 1100. The molecule has 0 radical (unpaired) electrons. The SMILES string of the molecule is CCOc1ccccc1NC(=O)N1CCC[C@H]1C(=O)Nc1ccc(-n2cnnn2)c(C)c1. The number of aromatic nitrogens is 4. The van der Waals surface area contributed by atoms with Gasteiger partial charge in [0.05, 0.1) is 18.0 Å². The fourth-order valence-corrected chi connectivity index (χ4v) is 3.81. The number of likely N-dealkylation sites (tertiary alicyclic amines) is 1. The fraction of sp³-hybridized carbons (Fsp3) is 0.318. The largest absolute Gasteiger partial charge is 0.492 e. The first kappa shape index (κ1) is 21.3. The highest BCUT2D eigenvalue weighted by molar-refractivity contribution is 6.00. The van der Waals surface area contributed by atoms with E-state index < -0.39 is 6.04 Å². The molecule has 2 heterocycles. The van der Waals surface area contributed by atoms with Gasteiger partial charge in [0.15, 0.2) is 0 Å². The molecule has 1 aromatic heterocycles. The summed E-state index contributed by atoms with van der Waals surface area (Å²) in [5, 5.41) is 17.0. The summed E-state index contributed by atoms with van der Waals surface area (Å²) in [4.78, 5) is 27.5. The van der Waals surface area contributed by atoms with E-state index in [4.69, 9.17) is 4.74 Å². The summed E-state index contributed by atoms with van der Waals surface area (Å²) in [6, 6.07) is 11.9. The third-order valence-corrected chi connectivity index (χ3v) is 5.30. The van der Waals surface area contributed by atoms with Gasteiger partial charge in [-0.25, -0.2) is 9.48 Å². The molecule has 3 aromatic rings. The molecule has 1 fully saturated rings. The van der Waals surface area contributed by atoms with Crippen molar-refractivity contribution in [2.24, 2.45) is 0 Å². The Hall–Kier alpha value is -3.95. The van der Waals surface area contributed by atoms with Crippen LogP contribution in [0.3, 0.4) is 0 Å². The Morgan fingerprint density at radius 3 is 2.78 bits per heavy atom. The lowest BCUT2D eigenvalue weighted by molar-refractivity contribution is -0.119. The molecule has 0 saturated carbocycles. The number of anilines is 2. The molecule has 2 aromatic carbocycles. The molecule has 32 heavy (non-hydrogen) atoms. The fourth-order valence-electron chi connectivity index (χ4n) is 3.81. The van der Waals surface area contributed by atoms with Gasteiger partial charge in [-0.1, -0.05) is 12.1 Å². The highest BCUT2D eigenvalue weighted by Crippen LogP contribution is 2.26. The van der Waals surface area contributed by atoms with Crippen LogP contribution in [0.1, 0.15) is 25.3 Å². The topological polar surface area (TPSA) is 114 Å². The number of amides is 3. The summed E-state index contributed by atoms with van der Waals surface area (Å²) in [5.74, 6) is 0.381. The van der Waals surface area contributed by atoms with Crippen LogP contribution >= 0.6 is 0 Å². The minimum absolute atomic E-state index is 0.217. The number of rotatable bonds is 6. The molecule has 1 atom stereocenters. The summed E-state index contributed by atoms with van der Waals surface area (Å²) >= 11 is 0. The number of urea groups is 1. The zero-order valence-electron chi connectivity index (χ0n) is 18.0. The smallest absolute Gasteiger partial charge is 0.322 e. The monoisotopic (exact) mass is 435 g/mol. The molecule has 4 rings (SSSR count). The van der Waals surface area contributed by atoms with Crippen LogP contribution in [0, 0.1) is 6.92 Å². The molecular weight excluding hydrogens is 410 g/mol. The number of para-hydroxylation sites is 2. The van der Waals surface area contributed by atoms with E-state index in [9.17, 15) is 9.59 Å². The van der Waals surface area contributed by atoms with Crippen molar-refractivity contribution >= 4 is 23.3 Å². The Labute approximate surface area is 185 Å². The van der Waals surface area contributed by atoms with Crippen LogP contribution in [0.4, 0.5) is 16.2 Å². The number of hydrogen-bond acceptors (Lipinski definition) is 6. The summed E-state index contributed by atoms with van der Waals surface area (Å²) in [5.41, 5.74) is 2.96. The van der Waals surface area contributed by atoms with Crippen LogP contribution in [-0.4, -0.2) is 56.2 Å². The van der Waals surface area contributed by atoms with Gasteiger partial charge in [0.25, 0.3) is 0 Å². The molecule has 3 amide bonds. The predicted octanol–water partition coefficient (Wildman–Crippen LogP) is 3.00. The molecule has 1 saturated heterocycles. The van der Waals surface area contributed by atoms with Crippen molar-refractivity contribution in [1.82, 2.24) is 25.1 Å². The van der Waals surface area contributed by atoms with E-state index in [-0.39, 0.29) is 11.9 Å². The lowest BCUT2D eigenvalue weighted by Gasteiger charge is -2.25. The Balaban J connectivity index is 1.43. The molecule has 1 aliphatic rings. The number of aryl methyl sites for hydroxylation is 1. The van der Waals surface area contributed by atoms with Gasteiger partial charge in [-0.2, -0.15) is 0 Å². The molecule has 0 spiro atoms. The number of ether oxygens (including phenoxy) is 1. The Kier molecular flexibility index (Phi) is 6.29. The van der Waals surface area contributed by atoms with E-state index >= 15 is 0 Å². The van der Waals surface area contributed by atoms with Crippen LogP contribution in [0.5, 0.6) is 5.75 Å². The van der Waals surface area contributed by atoms with Gasteiger partial charge < -0.3 is 20.3 Å². The van der Waals surface area contributed by atoms with Crippen molar-refractivity contribution in [2.75, 3.05) is 23.8 Å². The first-order chi connectivity index (χ1) is 15.6. The zero-order chi connectivity index (χ0) is 22.5. The lowest BCUT2D eigenvalue weighted by Crippen LogP contribution is -2.45. The van der Waals surface area contributed by atoms with Gasteiger partial charge in [-0.3, -0.25) is 4.79 Å². The number of hydrogen-bond donors (Lipinski definition) is 2. The van der Waals surface area contributed by atoms with Crippen molar-refractivity contribution in [1.29, 1.82) is 0 Å². The van der Waals surface area contributed by atoms with Gasteiger partial charge in [0.2, 0.25) is 5.91 Å². The number of nitrogens with zero attached hydrogens (tertiary/aromatic N) is 5. The van der Waals surface area contributed by atoms with E-state index in [0.29, 0.717) is 36.7 Å². The average molecular weight is 435 g/mol. The Morgan fingerprint density at radius 1 is 1.19 bits per heavy atom. The number of tetrazole rings is 1. The van der Waals surface area contributed by atoms with Crippen LogP contribution in [0.2, 0.25) is 0 Å². The van der Waals surface area contributed by atoms with E-state index in [2.05, 4.69) is 26.2 Å². The minimum atomic E-state index is -0.547. The van der Waals surface area contributed by atoms with Crippen molar-refractivity contribution in [3.8, 4) is 11.4 Å². The summed E-state index contributed by atoms with van der Waals surface area (Å²) in [7, 11) is 0. The van der Waals surface area contributed by atoms with Gasteiger partial charge in [0, 0.05) is 12.2 Å². The molecule has 0 bridgehead atoms. The second kappa shape index (κ2) is 9.46. The predicted molar refractivity (Wildman–Crippen MR) is 119 cm³/mol. The normalized spacial score (nSPS) is 15.4. The maximum absolute atomic E-state index is 13.0. The Morgan fingerprint density at radius 2 is 2.03 bits per heavy atom. The molecule has 166 valence electrons. The first-order valence-electron chi connectivity index (χ1n) is 10.5. The van der Waals surface area contributed by atoms with E-state index in [1.807, 2.05) is 38.1 Å². The number of carbonyl (C=O) groups is 2. The lowest BCUT2D eigenvalue weighted by atomic mass is 10.1. The molecule has 10 nitrogen and oxygen atoms in total. The van der Waals surface area contributed by atoms with Crippen LogP contribution in [-0.2, 0) is 4.79 Å². The zero-order valence-corrected chi connectivity index (χ0v) is 18.0. The second-order valence-corrected chi connectivity index (χ2v) is 7.46. The van der Waals surface area contributed by atoms with Gasteiger partial charge >= 0.3 is 6.03 Å². The van der Waals surface area contributed by atoms with Gasteiger partial charge in [0.1, 0.15) is 18.1 Å². The van der Waals surface area contributed by atoms with E-state index in [1.165, 1.54) is 6.33 Å². The van der Waals surface area contributed by atoms with Crippen molar-refractivity contribution in [2.45, 2.75) is 32.7 Å². The molecule has 2 N–H and O–H groups in total. The van der Waals surface area contributed by atoms with Crippen LogP contribution in [0.15, 0.2) is 48.8 Å². The highest BCUT2D eigenvalue weighted by atomic mass is 16.5. The summed E-state index contributed by atoms with van der Waals surface area (Å²) < 4.78 is 7.13. The molecule has 10 heteroatoms. The highest BCUT2D eigenvalue weighted by Gasteiger charge is 2.34. The molecule has 0 aliphatic carbocycles. The van der Waals surface area contributed by atoms with Crippen molar-refractivity contribution in [3.05, 3.63) is 54.4 Å². The van der Waals surface area contributed by atoms with Crippen LogP contribution < -0.4 is 15.4 Å². The third kappa shape index (κ3) is 4.53. The van der Waals surface area contributed by atoms with E-state index in [1.54, 1.807) is 27.8 Å². The van der Waals surface area contributed by atoms with Gasteiger partial charge in [-0.15, -0.1) is 5.10 Å².